The first-order valence-electron chi connectivity index (χ1n) is 11.8. The SMILES string of the molecule is O=C(/C=C/c1ccc(Br)cc1)N1CCC[C@@H](Oc2ncnc3[nH]cc(-c4ccc5c(c4)OCO5)c23)C1. The summed E-state index contributed by atoms with van der Waals surface area (Å²) in [5, 5.41) is 0.801. The first-order chi connectivity index (χ1) is 17.6. The number of nitrogens with one attached hydrogen (secondary N) is 1. The van der Waals surface area contributed by atoms with Gasteiger partial charge in [0.15, 0.2) is 11.5 Å². The minimum Gasteiger partial charge on any atom is -0.472 e. The molecule has 1 amide bonds. The molecule has 0 bridgehead atoms. The average molecular weight is 547 g/mol. The predicted octanol–water partition coefficient (Wildman–Crippen LogP) is 5.20. The van der Waals surface area contributed by atoms with Gasteiger partial charge >= 0.3 is 0 Å². The van der Waals surface area contributed by atoms with Crippen molar-refractivity contribution >= 4 is 38.9 Å². The van der Waals surface area contributed by atoms with Gasteiger partial charge in [-0.3, -0.25) is 4.79 Å². The number of hydrogen-bond acceptors (Lipinski definition) is 6. The van der Waals surface area contributed by atoms with Crippen molar-refractivity contribution in [1.29, 1.82) is 0 Å². The van der Waals surface area contributed by atoms with Crippen molar-refractivity contribution < 1.29 is 19.0 Å². The summed E-state index contributed by atoms with van der Waals surface area (Å²) in [5.41, 5.74) is 3.53. The Hall–Kier alpha value is -3.85. The molecule has 9 heteroatoms. The highest BCUT2D eigenvalue weighted by molar-refractivity contribution is 9.10. The number of amides is 1. The highest BCUT2D eigenvalue weighted by atomic mass is 79.9. The van der Waals surface area contributed by atoms with Crippen LogP contribution in [0.3, 0.4) is 0 Å². The van der Waals surface area contributed by atoms with Crippen LogP contribution in [0.5, 0.6) is 17.4 Å². The minimum absolute atomic E-state index is 0.0262. The minimum atomic E-state index is -0.165. The molecule has 4 aromatic rings. The van der Waals surface area contributed by atoms with E-state index in [0.29, 0.717) is 30.4 Å². The van der Waals surface area contributed by atoms with Gasteiger partial charge in [0, 0.05) is 28.9 Å². The van der Waals surface area contributed by atoms with Gasteiger partial charge in [-0.2, -0.15) is 0 Å². The highest BCUT2D eigenvalue weighted by Gasteiger charge is 2.26. The van der Waals surface area contributed by atoms with E-state index in [-0.39, 0.29) is 18.8 Å². The number of piperidine rings is 1. The lowest BCUT2D eigenvalue weighted by Gasteiger charge is -2.32. The van der Waals surface area contributed by atoms with Crippen molar-refractivity contribution in [3.8, 4) is 28.5 Å². The summed E-state index contributed by atoms with van der Waals surface area (Å²) in [7, 11) is 0. The molecule has 8 nitrogen and oxygen atoms in total. The van der Waals surface area contributed by atoms with E-state index in [2.05, 4.69) is 30.9 Å². The van der Waals surface area contributed by atoms with Crippen LogP contribution in [0.4, 0.5) is 0 Å². The topological polar surface area (TPSA) is 89.6 Å². The summed E-state index contributed by atoms with van der Waals surface area (Å²) in [5.74, 6) is 1.91. The molecule has 2 aliphatic heterocycles. The van der Waals surface area contributed by atoms with Crippen molar-refractivity contribution in [2.75, 3.05) is 19.9 Å². The first kappa shape index (κ1) is 22.6. The molecule has 182 valence electrons. The molecule has 4 heterocycles. The number of rotatable bonds is 5. The molecule has 1 fully saturated rings. The molecule has 1 N–H and O–H groups in total. The molecule has 1 atom stereocenters. The molecule has 0 saturated carbocycles. The van der Waals surface area contributed by atoms with Gasteiger partial charge in [0.25, 0.3) is 0 Å². The number of carbonyl (C=O) groups is 1. The normalized spacial score (nSPS) is 17.1. The Morgan fingerprint density at radius 2 is 2.00 bits per heavy atom. The zero-order valence-electron chi connectivity index (χ0n) is 19.3. The van der Waals surface area contributed by atoms with Gasteiger partial charge in [0.2, 0.25) is 18.6 Å². The van der Waals surface area contributed by atoms with E-state index < -0.39 is 0 Å². The van der Waals surface area contributed by atoms with Crippen molar-refractivity contribution in [1.82, 2.24) is 19.9 Å². The number of halogens is 1. The number of benzene rings is 2. The molecular weight excluding hydrogens is 524 g/mol. The molecule has 36 heavy (non-hydrogen) atoms. The summed E-state index contributed by atoms with van der Waals surface area (Å²) in [6, 6.07) is 13.7. The number of H-pyrrole nitrogens is 1. The number of carbonyl (C=O) groups excluding carboxylic acids is 1. The maximum Gasteiger partial charge on any atom is 0.246 e. The average Bonchev–Trinajstić information content (AvgIpc) is 3.55. The lowest BCUT2D eigenvalue weighted by Crippen LogP contribution is -2.43. The number of hydrogen-bond donors (Lipinski definition) is 1. The van der Waals surface area contributed by atoms with Crippen molar-refractivity contribution in [2.45, 2.75) is 18.9 Å². The molecule has 0 unspecified atom stereocenters. The second-order valence-corrected chi connectivity index (χ2v) is 9.64. The summed E-state index contributed by atoms with van der Waals surface area (Å²) < 4.78 is 18.4. The van der Waals surface area contributed by atoms with E-state index in [9.17, 15) is 4.79 Å². The predicted molar refractivity (Wildman–Crippen MR) is 139 cm³/mol. The van der Waals surface area contributed by atoms with Crippen LogP contribution < -0.4 is 14.2 Å². The van der Waals surface area contributed by atoms with Gasteiger partial charge in [-0.15, -0.1) is 0 Å². The number of nitrogens with zero attached hydrogens (tertiary/aromatic N) is 3. The lowest BCUT2D eigenvalue weighted by atomic mass is 10.1. The maximum absolute atomic E-state index is 12.9. The second kappa shape index (κ2) is 9.66. The summed E-state index contributed by atoms with van der Waals surface area (Å²) in [6.45, 7) is 1.42. The van der Waals surface area contributed by atoms with Gasteiger partial charge in [-0.1, -0.05) is 34.1 Å². The fourth-order valence-electron chi connectivity index (χ4n) is 4.55. The Balaban J connectivity index is 1.21. The van der Waals surface area contributed by atoms with E-state index in [1.54, 1.807) is 6.08 Å². The van der Waals surface area contributed by atoms with Crippen molar-refractivity contribution in [3.63, 3.8) is 0 Å². The Kier molecular flexibility index (Phi) is 6.06. The zero-order chi connectivity index (χ0) is 24.5. The van der Waals surface area contributed by atoms with Crippen LogP contribution in [0.1, 0.15) is 18.4 Å². The van der Waals surface area contributed by atoms with E-state index in [1.807, 2.05) is 59.6 Å². The number of ether oxygens (including phenoxy) is 3. The molecule has 1 saturated heterocycles. The molecule has 0 aliphatic carbocycles. The molecule has 2 aliphatic rings. The third-order valence-corrected chi connectivity index (χ3v) is 6.90. The lowest BCUT2D eigenvalue weighted by molar-refractivity contribution is -0.128. The maximum atomic E-state index is 12.9. The number of likely N-dealkylation sites (tertiary alicyclic amines) is 1. The Bertz CT molecular complexity index is 1450. The zero-order valence-corrected chi connectivity index (χ0v) is 20.9. The van der Waals surface area contributed by atoms with E-state index in [0.717, 1.165) is 45.1 Å². The highest BCUT2D eigenvalue weighted by Crippen LogP contribution is 2.39. The van der Waals surface area contributed by atoms with E-state index in [1.165, 1.54) is 6.33 Å². The van der Waals surface area contributed by atoms with Crippen LogP contribution in [0, 0.1) is 0 Å². The fourth-order valence-corrected chi connectivity index (χ4v) is 4.82. The largest absolute Gasteiger partial charge is 0.472 e. The fraction of sp³-hybridized carbons (Fsp3) is 0.222. The van der Waals surface area contributed by atoms with Crippen LogP contribution >= 0.6 is 15.9 Å². The Morgan fingerprint density at radius 1 is 1.14 bits per heavy atom. The molecule has 0 radical (unpaired) electrons. The van der Waals surface area contributed by atoms with E-state index >= 15 is 0 Å². The number of aromatic nitrogens is 3. The van der Waals surface area contributed by atoms with Gasteiger partial charge in [0.1, 0.15) is 18.1 Å². The van der Waals surface area contributed by atoms with Gasteiger partial charge in [0.05, 0.1) is 11.9 Å². The Labute approximate surface area is 216 Å². The van der Waals surface area contributed by atoms with Crippen LogP contribution in [-0.4, -0.2) is 51.7 Å². The second-order valence-electron chi connectivity index (χ2n) is 8.72. The molecular formula is C27H23BrN4O4. The third-order valence-electron chi connectivity index (χ3n) is 6.38. The molecule has 2 aromatic heterocycles. The monoisotopic (exact) mass is 546 g/mol. The first-order valence-corrected chi connectivity index (χ1v) is 12.5. The quantitative estimate of drug-likeness (QED) is 0.346. The summed E-state index contributed by atoms with van der Waals surface area (Å²) >= 11 is 3.43. The van der Waals surface area contributed by atoms with Crippen molar-refractivity contribution in [2.24, 2.45) is 0 Å². The molecule has 2 aromatic carbocycles. The van der Waals surface area contributed by atoms with Crippen molar-refractivity contribution in [3.05, 3.63) is 71.1 Å². The van der Waals surface area contributed by atoms with Gasteiger partial charge in [-0.05, 0) is 54.3 Å². The van der Waals surface area contributed by atoms with E-state index in [4.69, 9.17) is 14.2 Å². The van der Waals surface area contributed by atoms with Gasteiger partial charge < -0.3 is 24.1 Å². The third kappa shape index (κ3) is 4.54. The summed E-state index contributed by atoms with van der Waals surface area (Å²) in [6.07, 6.45) is 8.39. The van der Waals surface area contributed by atoms with Crippen LogP contribution in [0.25, 0.3) is 28.2 Å². The van der Waals surface area contributed by atoms with Crippen LogP contribution in [0.15, 0.2) is 65.5 Å². The summed E-state index contributed by atoms with van der Waals surface area (Å²) in [4.78, 5) is 26.7. The van der Waals surface area contributed by atoms with Crippen LogP contribution in [-0.2, 0) is 4.79 Å². The van der Waals surface area contributed by atoms with Crippen LogP contribution in [0.2, 0.25) is 0 Å². The molecule has 0 spiro atoms. The standard InChI is InChI=1S/C27H23BrN4O4/c28-19-7-3-17(4-8-19)5-10-24(33)32-11-1-2-20(14-32)36-27-25-21(13-29-26(25)30-15-31-27)18-6-9-22-23(12-18)35-16-34-22/h3-10,12-13,15,20H,1-2,11,14,16H2,(H,29,30,31)/b10-5+/t20-/m1/s1. The number of fused-ring (bicyclic) bond motifs is 2. The number of aromatic amines is 1. The smallest absolute Gasteiger partial charge is 0.246 e. The molecule has 6 rings (SSSR count). The van der Waals surface area contributed by atoms with Gasteiger partial charge in [-0.25, -0.2) is 9.97 Å². The Morgan fingerprint density at radius 3 is 2.89 bits per heavy atom.